The second-order valence-electron chi connectivity index (χ2n) is 5.71. The largest absolute Gasteiger partial charge is 0.463 e. The molecule has 1 atom stereocenters. The van der Waals surface area contributed by atoms with Crippen molar-refractivity contribution in [3.05, 3.63) is 41.3 Å². The molecule has 0 fully saturated rings. The Balaban J connectivity index is 2.63. The summed E-state index contributed by atoms with van der Waals surface area (Å²) in [4.78, 5) is 14.2. The molecule has 1 aromatic carbocycles. The van der Waals surface area contributed by atoms with Crippen molar-refractivity contribution < 1.29 is 13.9 Å². The van der Waals surface area contributed by atoms with E-state index in [-0.39, 0.29) is 17.4 Å². The molecule has 2 aromatic rings. The maximum atomic E-state index is 13.2. The van der Waals surface area contributed by atoms with Crippen molar-refractivity contribution >= 4 is 23.2 Å². The maximum Gasteiger partial charge on any atom is 0.346 e. The molecule has 1 heterocycles. The summed E-state index contributed by atoms with van der Waals surface area (Å²) in [5.74, 6) is -0.785. The molecule has 2 N–H and O–H groups in total. The topological polar surface area (TPSA) is 73.4 Å². The van der Waals surface area contributed by atoms with Gasteiger partial charge >= 0.3 is 5.97 Å². The number of esters is 1. The molecule has 6 nitrogen and oxygen atoms in total. The summed E-state index contributed by atoms with van der Waals surface area (Å²) in [7, 11) is 3.50. The van der Waals surface area contributed by atoms with Crippen LogP contribution in [-0.2, 0) is 9.53 Å². The maximum absolute atomic E-state index is 13.2. The summed E-state index contributed by atoms with van der Waals surface area (Å²) >= 11 is 5.17. The number of aromatic nitrogens is 2. The highest BCUT2D eigenvalue weighted by molar-refractivity contribution is 7.80. The molecule has 0 saturated heterocycles. The molecule has 0 radical (unpaired) electrons. The lowest BCUT2D eigenvalue weighted by atomic mass is 10.1. The van der Waals surface area contributed by atoms with E-state index in [0.29, 0.717) is 22.5 Å². The number of nitrogens with zero attached hydrogens (tertiary/aromatic N) is 3. The molecule has 1 aromatic heterocycles. The van der Waals surface area contributed by atoms with Crippen LogP contribution < -0.4 is 5.73 Å². The molecule has 0 bridgehead atoms. The predicted molar refractivity (Wildman–Crippen MR) is 97.6 cm³/mol. The highest BCUT2D eigenvalue weighted by Gasteiger charge is 2.30. The lowest BCUT2D eigenvalue weighted by Gasteiger charge is -2.23. The summed E-state index contributed by atoms with van der Waals surface area (Å²) < 4.78 is 19.9. The molecular weight excluding hydrogens is 343 g/mol. The van der Waals surface area contributed by atoms with Gasteiger partial charge in [0, 0.05) is 11.3 Å². The minimum atomic E-state index is -0.762. The number of hydrogen-bond donors (Lipinski definition) is 1. The van der Waals surface area contributed by atoms with Crippen molar-refractivity contribution in [2.75, 3.05) is 20.7 Å². The molecule has 0 aliphatic carbocycles. The van der Waals surface area contributed by atoms with Gasteiger partial charge in [-0.15, -0.1) is 0 Å². The van der Waals surface area contributed by atoms with Gasteiger partial charge in [-0.05, 0) is 52.2 Å². The number of likely N-dealkylation sites (N-methyl/N-ethyl adjacent to an activating group) is 1. The number of ether oxygens (including phenoxy) is 1. The standard InChI is InChI=1S/C17H21FN4O2S/c1-5-24-17(23)16(21(3)4)22-10(2)13(15(19)25)14(20-22)11-6-8-12(18)9-7-11/h6-9,16H,5H2,1-4H3,(H2,19,25). The Morgan fingerprint density at radius 1 is 1.40 bits per heavy atom. The lowest BCUT2D eigenvalue weighted by Crippen LogP contribution is -2.35. The average molecular weight is 364 g/mol. The van der Waals surface area contributed by atoms with E-state index in [9.17, 15) is 9.18 Å². The van der Waals surface area contributed by atoms with E-state index in [1.54, 1.807) is 45.0 Å². The second kappa shape index (κ2) is 7.71. The number of carbonyl (C=O) groups excluding carboxylic acids is 1. The van der Waals surface area contributed by atoms with Crippen molar-refractivity contribution in [1.82, 2.24) is 14.7 Å². The molecule has 0 saturated carbocycles. The number of rotatable bonds is 6. The third-order valence-electron chi connectivity index (χ3n) is 3.73. The van der Waals surface area contributed by atoms with Gasteiger partial charge in [0.05, 0.1) is 12.2 Å². The first kappa shape index (κ1) is 19.0. The van der Waals surface area contributed by atoms with Crippen LogP contribution in [0.2, 0.25) is 0 Å². The van der Waals surface area contributed by atoms with Crippen LogP contribution >= 0.6 is 12.2 Å². The van der Waals surface area contributed by atoms with Gasteiger partial charge in [-0.1, -0.05) is 12.2 Å². The summed E-state index contributed by atoms with van der Waals surface area (Å²) in [5, 5.41) is 4.54. The van der Waals surface area contributed by atoms with E-state index in [2.05, 4.69) is 5.10 Å². The first-order chi connectivity index (χ1) is 11.8. The number of halogens is 1. The van der Waals surface area contributed by atoms with Crippen LogP contribution in [0, 0.1) is 12.7 Å². The van der Waals surface area contributed by atoms with Crippen LogP contribution in [0.3, 0.4) is 0 Å². The molecule has 0 spiro atoms. The Morgan fingerprint density at radius 3 is 2.48 bits per heavy atom. The van der Waals surface area contributed by atoms with Crippen molar-refractivity contribution in [2.45, 2.75) is 20.0 Å². The van der Waals surface area contributed by atoms with Crippen molar-refractivity contribution in [3.63, 3.8) is 0 Å². The van der Waals surface area contributed by atoms with Gasteiger partial charge in [-0.3, -0.25) is 4.90 Å². The molecule has 0 amide bonds. The monoisotopic (exact) mass is 364 g/mol. The number of hydrogen-bond acceptors (Lipinski definition) is 5. The second-order valence-corrected chi connectivity index (χ2v) is 6.15. The first-order valence-corrected chi connectivity index (χ1v) is 8.16. The van der Waals surface area contributed by atoms with Gasteiger partial charge < -0.3 is 10.5 Å². The van der Waals surface area contributed by atoms with Crippen molar-refractivity contribution in [3.8, 4) is 11.3 Å². The number of benzene rings is 1. The summed E-state index contributed by atoms with van der Waals surface area (Å²) in [6.45, 7) is 3.78. The van der Waals surface area contributed by atoms with E-state index < -0.39 is 12.1 Å². The van der Waals surface area contributed by atoms with E-state index in [4.69, 9.17) is 22.7 Å². The lowest BCUT2D eigenvalue weighted by molar-refractivity contribution is -0.152. The Hall–Kier alpha value is -2.32. The Labute approximate surface area is 151 Å². The van der Waals surface area contributed by atoms with E-state index in [1.807, 2.05) is 0 Å². The minimum Gasteiger partial charge on any atom is -0.463 e. The van der Waals surface area contributed by atoms with Crippen LogP contribution in [0.1, 0.15) is 24.3 Å². The number of thiocarbonyl (C=S) groups is 1. The Kier molecular flexibility index (Phi) is 5.86. The fourth-order valence-corrected chi connectivity index (χ4v) is 2.85. The normalized spacial score (nSPS) is 12.2. The number of nitrogens with two attached hydrogens (primary N) is 1. The molecule has 134 valence electrons. The van der Waals surface area contributed by atoms with Gasteiger partial charge in [0.15, 0.2) is 0 Å². The Morgan fingerprint density at radius 2 is 2.00 bits per heavy atom. The molecular formula is C17H21FN4O2S. The van der Waals surface area contributed by atoms with Crippen LogP contribution in [-0.4, -0.2) is 46.3 Å². The zero-order chi connectivity index (χ0) is 18.7. The molecule has 0 aliphatic heterocycles. The highest BCUT2D eigenvalue weighted by Crippen LogP contribution is 2.28. The average Bonchev–Trinajstić information content (AvgIpc) is 2.85. The smallest absolute Gasteiger partial charge is 0.346 e. The third-order valence-corrected chi connectivity index (χ3v) is 3.94. The van der Waals surface area contributed by atoms with Crippen molar-refractivity contribution in [2.24, 2.45) is 5.73 Å². The molecule has 0 aliphatic rings. The van der Waals surface area contributed by atoms with Crippen LogP contribution in [0.5, 0.6) is 0 Å². The van der Waals surface area contributed by atoms with Gasteiger partial charge in [0.1, 0.15) is 16.5 Å². The number of carbonyl (C=O) groups is 1. The van der Waals surface area contributed by atoms with E-state index >= 15 is 0 Å². The Bertz CT molecular complexity index is 787. The van der Waals surface area contributed by atoms with Crippen LogP contribution in [0.15, 0.2) is 24.3 Å². The fraction of sp³-hybridized carbons (Fsp3) is 0.353. The van der Waals surface area contributed by atoms with Crippen molar-refractivity contribution in [1.29, 1.82) is 0 Å². The fourth-order valence-electron chi connectivity index (χ4n) is 2.61. The quantitative estimate of drug-likeness (QED) is 0.626. The van der Waals surface area contributed by atoms with Gasteiger partial charge in [-0.25, -0.2) is 13.9 Å². The summed E-state index contributed by atoms with van der Waals surface area (Å²) in [6.07, 6.45) is -0.762. The summed E-state index contributed by atoms with van der Waals surface area (Å²) in [5.41, 5.74) is 8.23. The molecule has 1 unspecified atom stereocenters. The predicted octanol–water partition coefficient (Wildman–Crippen LogP) is 2.26. The highest BCUT2D eigenvalue weighted by atomic mass is 32.1. The van der Waals surface area contributed by atoms with Crippen LogP contribution in [0.25, 0.3) is 11.3 Å². The van der Waals surface area contributed by atoms with E-state index in [0.717, 1.165) is 0 Å². The minimum absolute atomic E-state index is 0.157. The zero-order valence-electron chi connectivity index (χ0n) is 14.6. The summed E-state index contributed by atoms with van der Waals surface area (Å²) in [6, 6.07) is 5.86. The van der Waals surface area contributed by atoms with Gasteiger partial charge in [0.25, 0.3) is 0 Å². The van der Waals surface area contributed by atoms with Crippen LogP contribution in [0.4, 0.5) is 4.39 Å². The molecule has 2 rings (SSSR count). The molecule has 25 heavy (non-hydrogen) atoms. The van der Waals surface area contributed by atoms with Gasteiger partial charge in [0.2, 0.25) is 6.17 Å². The van der Waals surface area contributed by atoms with Gasteiger partial charge in [-0.2, -0.15) is 5.10 Å². The van der Waals surface area contributed by atoms with E-state index in [1.165, 1.54) is 16.8 Å². The SMILES string of the molecule is CCOC(=O)C(N(C)C)n1nc(-c2ccc(F)cc2)c(C(N)=S)c1C. The third kappa shape index (κ3) is 3.85. The zero-order valence-corrected chi connectivity index (χ0v) is 15.4. The molecule has 8 heteroatoms. The first-order valence-electron chi connectivity index (χ1n) is 7.75.